The average molecular weight is 517 g/mol. The summed E-state index contributed by atoms with van der Waals surface area (Å²) in [7, 11) is -2.65. The van der Waals surface area contributed by atoms with Crippen molar-refractivity contribution in [1.82, 2.24) is 9.55 Å². The Hall–Kier alpha value is -2.92. The van der Waals surface area contributed by atoms with E-state index >= 15 is 0 Å². The van der Waals surface area contributed by atoms with Crippen molar-refractivity contribution in [2.75, 3.05) is 6.61 Å². The molecule has 0 aliphatic carbocycles. The molecule has 7 nitrogen and oxygen atoms in total. The highest BCUT2D eigenvalue weighted by Crippen LogP contribution is 2.37. The minimum absolute atomic E-state index is 0.0386. The predicted molar refractivity (Wildman–Crippen MR) is 135 cm³/mol. The van der Waals surface area contributed by atoms with Gasteiger partial charge in [0.15, 0.2) is 8.80 Å². The number of rotatable bonds is 7. The fraction of sp³-hybridized carbons (Fsp3) is 0.385. The van der Waals surface area contributed by atoms with E-state index < -0.39 is 55.2 Å². The number of nitrogens with zero attached hydrogens (tertiary/aromatic N) is 1. The molecule has 0 radical (unpaired) electrons. The van der Waals surface area contributed by atoms with Crippen LogP contribution in [0.3, 0.4) is 0 Å². The maximum absolute atomic E-state index is 13.8. The number of hydrogen-bond donors (Lipinski definition) is 2. The van der Waals surface area contributed by atoms with Gasteiger partial charge in [0.25, 0.3) is 12.0 Å². The van der Waals surface area contributed by atoms with Gasteiger partial charge in [0.05, 0.1) is 23.9 Å². The van der Waals surface area contributed by atoms with Gasteiger partial charge in [-0.25, -0.2) is 13.6 Å². The molecule has 1 aliphatic rings. The molecule has 1 fully saturated rings. The third-order valence-corrected chi connectivity index (χ3v) is 9.95. The van der Waals surface area contributed by atoms with E-state index in [1.54, 1.807) is 0 Å². The highest BCUT2D eigenvalue weighted by atomic mass is 28.3. The van der Waals surface area contributed by atoms with Crippen LogP contribution in [0, 0.1) is 0 Å². The van der Waals surface area contributed by atoms with E-state index in [9.17, 15) is 23.5 Å². The highest BCUT2D eigenvalue weighted by molar-refractivity contribution is 6.86. The first-order valence-corrected chi connectivity index (χ1v) is 13.5. The van der Waals surface area contributed by atoms with Gasteiger partial charge in [-0.2, -0.15) is 0 Å². The zero-order valence-electron chi connectivity index (χ0n) is 20.4. The summed E-state index contributed by atoms with van der Waals surface area (Å²) in [6.07, 6.45) is -4.11. The Kier molecular flexibility index (Phi) is 7.42. The van der Waals surface area contributed by atoms with Crippen molar-refractivity contribution in [2.45, 2.75) is 56.8 Å². The Bertz CT molecular complexity index is 1250. The molecule has 0 amide bonds. The first-order chi connectivity index (χ1) is 17.0. The van der Waals surface area contributed by atoms with Gasteiger partial charge in [0, 0.05) is 12.6 Å². The molecule has 1 aliphatic heterocycles. The van der Waals surface area contributed by atoms with Gasteiger partial charge in [-0.3, -0.25) is 14.3 Å². The molecule has 2 heterocycles. The predicted octanol–water partition coefficient (Wildman–Crippen LogP) is 1.67. The van der Waals surface area contributed by atoms with Gasteiger partial charge in [-0.05, 0) is 20.8 Å². The second kappa shape index (κ2) is 10.2. The van der Waals surface area contributed by atoms with E-state index in [1.807, 2.05) is 86.4 Å². The third kappa shape index (κ3) is 5.26. The molecule has 10 heteroatoms. The standard InChI is InChI=1S/C26H30F2N2O5Si/c1-25(2,3)34-16-21-20(31)14-26(35-21,30-15-19(22(27)28)23(32)29-24(30)33)36(17-10-6-4-7-11-17)18-12-8-5-9-13-18/h4-13,15,20-22,31,36H,14,16H2,1-3H3,(H,29,32,33)/t20-,21+,26-/m0/s1. The van der Waals surface area contributed by atoms with Crippen LogP contribution in [0.2, 0.25) is 0 Å². The van der Waals surface area contributed by atoms with Crippen LogP contribution in [-0.4, -0.2) is 47.9 Å². The van der Waals surface area contributed by atoms with Crippen molar-refractivity contribution in [3.8, 4) is 0 Å². The summed E-state index contributed by atoms with van der Waals surface area (Å²) >= 11 is 0. The average Bonchev–Trinajstić information content (AvgIpc) is 3.15. The van der Waals surface area contributed by atoms with Crippen LogP contribution in [0.25, 0.3) is 0 Å². The zero-order chi connectivity index (χ0) is 26.1. The van der Waals surface area contributed by atoms with Crippen molar-refractivity contribution in [1.29, 1.82) is 0 Å². The van der Waals surface area contributed by atoms with Gasteiger partial charge < -0.3 is 14.6 Å². The van der Waals surface area contributed by atoms with Crippen LogP contribution < -0.4 is 21.6 Å². The Morgan fingerprint density at radius 3 is 2.17 bits per heavy atom. The number of aromatic nitrogens is 2. The fourth-order valence-electron chi connectivity index (χ4n) is 4.70. The van der Waals surface area contributed by atoms with Crippen LogP contribution >= 0.6 is 0 Å². The SMILES string of the molecule is CC(C)(C)OC[C@H]1O[C@](n2cc(C(F)F)c(=O)[nH]c2=O)([SiH](c2ccccc2)c2ccccc2)C[C@@H]1O. The van der Waals surface area contributed by atoms with E-state index in [4.69, 9.17) is 9.47 Å². The van der Waals surface area contributed by atoms with Gasteiger partial charge in [-0.1, -0.05) is 71.0 Å². The quantitative estimate of drug-likeness (QED) is 0.466. The molecule has 2 aromatic carbocycles. The lowest BCUT2D eigenvalue weighted by Gasteiger charge is -2.38. The zero-order valence-corrected chi connectivity index (χ0v) is 21.5. The molecule has 0 bridgehead atoms. The molecule has 0 saturated carbocycles. The molecule has 0 unspecified atom stereocenters. The Morgan fingerprint density at radius 1 is 1.11 bits per heavy atom. The molecule has 4 rings (SSSR count). The summed E-state index contributed by atoms with van der Waals surface area (Å²) in [5, 5.41) is 11.4. The molecule has 0 spiro atoms. The van der Waals surface area contributed by atoms with Crippen molar-refractivity contribution >= 4 is 19.2 Å². The van der Waals surface area contributed by atoms with E-state index in [0.717, 1.165) is 21.1 Å². The highest BCUT2D eigenvalue weighted by Gasteiger charge is 2.55. The summed E-state index contributed by atoms with van der Waals surface area (Å²) < 4.78 is 41.0. The second-order valence-corrected chi connectivity index (χ2v) is 13.1. The van der Waals surface area contributed by atoms with E-state index in [1.165, 1.54) is 0 Å². The van der Waals surface area contributed by atoms with Crippen LogP contribution in [0.5, 0.6) is 0 Å². The summed E-state index contributed by atoms with van der Waals surface area (Å²) in [6.45, 7) is 5.65. The van der Waals surface area contributed by atoms with Crippen molar-refractivity contribution < 1.29 is 23.4 Å². The number of H-pyrrole nitrogens is 1. The molecule has 3 aromatic rings. The third-order valence-electron chi connectivity index (χ3n) is 6.30. The monoisotopic (exact) mass is 516 g/mol. The summed E-state index contributed by atoms with van der Waals surface area (Å²) in [6, 6.07) is 18.8. The molecule has 192 valence electrons. The number of hydrogen-bond acceptors (Lipinski definition) is 5. The Labute approximate surface area is 208 Å². The van der Waals surface area contributed by atoms with Crippen LogP contribution in [0.4, 0.5) is 8.78 Å². The number of halogens is 2. The maximum atomic E-state index is 13.8. The second-order valence-electron chi connectivity index (χ2n) is 9.96. The topological polar surface area (TPSA) is 93.5 Å². The minimum atomic E-state index is -3.10. The van der Waals surface area contributed by atoms with Gasteiger partial charge in [0.1, 0.15) is 11.5 Å². The molecular weight excluding hydrogens is 486 g/mol. The number of aromatic amines is 1. The lowest BCUT2D eigenvalue weighted by Crippen LogP contribution is -2.64. The fourth-order valence-corrected chi connectivity index (χ4v) is 8.60. The number of nitrogens with one attached hydrogen (secondary N) is 1. The van der Waals surface area contributed by atoms with Gasteiger partial charge in [-0.15, -0.1) is 0 Å². The smallest absolute Gasteiger partial charge is 0.330 e. The number of aliphatic hydroxyl groups excluding tert-OH is 1. The number of benzene rings is 2. The van der Waals surface area contributed by atoms with Crippen LogP contribution in [-0.2, 0) is 14.8 Å². The van der Waals surface area contributed by atoms with E-state index in [2.05, 4.69) is 0 Å². The number of alkyl halides is 2. The summed E-state index contributed by atoms with van der Waals surface area (Å²) in [5.41, 5.74) is -3.37. The van der Waals surface area contributed by atoms with E-state index in [-0.39, 0.29) is 13.0 Å². The van der Waals surface area contributed by atoms with Crippen molar-refractivity contribution in [2.24, 2.45) is 0 Å². The van der Waals surface area contributed by atoms with Gasteiger partial charge in [0.2, 0.25) is 0 Å². The summed E-state index contributed by atoms with van der Waals surface area (Å²) in [4.78, 5) is 27.4. The van der Waals surface area contributed by atoms with Crippen LogP contribution in [0.15, 0.2) is 76.4 Å². The first-order valence-electron chi connectivity index (χ1n) is 11.8. The Balaban J connectivity index is 1.96. The van der Waals surface area contributed by atoms with Crippen LogP contribution in [0.1, 0.15) is 39.2 Å². The van der Waals surface area contributed by atoms with Crippen molar-refractivity contribution in [3.05, 3.63) is 93.3 Å². The Morgan fingerprint density at radius 2 is 1.67 bits per heavy atom. The van der Waals surface area contributed by atoms with Crippen molar-refractivity contribution in [3.63, 3.8) is 0 Å². The molecule has 36 heavy (non-hydrogen) atoms. The largest absolute Gasteiger partial charge is 0.390 e. The number of ether oxygens (including phenoxy) is 2. The molecule has 3 atom stereocenters. The molecule has 1 saturated heterocycles. The number of aliphatic hydroxyl groups is 1. The normalized spacial score (nSPS) is 22.4. The van der Waals surface area contributed by atoms with E-state index in [0.29, 0.717) is 0 Å². The van der Waals surface area contributed by atoms with Gasteiger partial charge >= 0.3 is 5.69 Å². The molecule has 2 N–H and O–H groups in total. The lowest BCUT2D eigenvalue weighted by molar-refractivity contribution is -0.114. The molecule has 1 aromatic heterocycles. The lowest BCUT2D eigenvalue weighted by atomic mass is 10.1. The first kappa shape index (κ1) is 26.1. The maximum Gasteiger partial charge on any atom is 0.330 e. The molecular formula is C26H30F2N2O5Si. The minimum Gasteiger partial charge on any atom is -0.390 e. The summed E-state index contributed by atoms with van der Waals surface area (Å²) in [5.74, 6) is 0.